The molecule has 4 nitrogen and oxygen atoms in total. The second kappa shape index (κ2) is 5.11. The third-order valence-electron chi connectivity index (χ3n) is 2.37. The zero-order chi connectivity index (χ0) is 13.3. The van der Waals surface area contributed by atoms with E-state index in [4.69, 9.17) is 4.74 Å². The Morgan fingerprint density at radius 2 is 2.28 bits per heavy atom. The van der Waals surface area contributed by atoms with Crippen molar-refractivity contribution >= 4 is 29.2 Å². The largest absolute Gasteiger partial charge is 0.444 e. The van der Waals surface area contributed by atoms with Gasteiger partial charge in [-0.2, -0.15) is 0 Å². The monoisotopic (exact) mass is 287 g/mol. The Hall–Kier alpha value is -0.720. The van der Waals surface area contributed by atoms with Crippen LogP contribution in [0.2, 0.25) is 0 Å². The summed E-state index contributed by atoms with van der Waals surface area (Å²) in [4.78, 5) is 14.6. The van der Waals surface area contributed by atoms with Gasteiger partial charge in [-0.15, -0.1) is 23.1 Å². The molecule has 1 N–H and O–H groups in total. The Morgan fingerprint density at radius 1 is 1.56 bits per heavy atom. The number of nitrogens with zero attached hydrogens (tertiary/aromatic N) is 1. The van der Waals surface area contributed by atoms with Crippen molar-refractivity contribution in [1.82, 2.24) is 4.90 Å². The maximum absolute atomic E-state index is 12.1. The number of hydrogen-bond acceptors (Lipinski definition) is 5. The van der Waals surface area contributed by atoms with Gasteiger partial charge in [-0.05, 0) is 32.2 Å². The van der Waals surface area contributed by atoms with E-state index < -0.39 is 17.9 Å². The molecule has 0 radical (unpaired) electrons. The molecule has 1 saturated heterocycles. The fourth-order valence-corrected chi connectivity index (χ4v) is 3.89. The predicted molar refractivity (Wildman–Crippen MR) is 73.6 cm³/mol. The number of hydrogen-bond donors (Lipinski definition) is 1. The molecule has 2 heterocycles. The Balaban J connectivity index is 2.15. The SMILES string of the molecule is CC(C)(C)OC(=O)N1[C@H](O)CS[C@@H]1c1cccs1. The van der Waals surface area contributed by atoms with Crippen molar-refractivity contribution in [3.63, 3.8) is 0 Å². The van der Waals surface area contributed by atoms with E-state index in [-0.39, 0.29) is 5.37 Å². The first-order chi connectivity index (χ1) is 8.38. The molecule has 0 saturated carbocycles. The molecule has 18 heavy (non-hydrogen) atoms. The molecular formula is C12H17NO3S2. The van der Waals surface area contributed by atoms with Crippen LogP contribution in [0.3, 0.4) is 0 Å². The molecule has 0 aliphatic carbocycles. The summed E-state index contributed by atoms with van der Waals surface area (Å²) in [6.07, 6.45) is -1.24. The minimum atomic E-state index is -0.781. The highest BCUT2D eigenvalue weighted by Crippen LogP contribution is 2.42. The van der Waals surface area contributed by atoms with Crippen LogP contribution in [0.5, 0.6) is 0 Å². The molecule has 1 fully saturated rings. The lowest BCUT2D eigenvalue weighted by molar-refractivity contribution is -0.0201. The molecule has 0 unspecified atom stereocenters. The number of carbonyl (C=O) groups excluding carboxylic acids is 1. The Morgan fingerprint density at radius 3 is 2.83 bits per heavy atom. The van der Waals surface area contributed by atoms with Gasteiger partial charge in [-0.3, -0.25) is 4.90 Å². The number of ether oxygens (including phenoxy) is 1. The molecule has 1 aliphatic rings. The number of aliphatic hydroxyl groups excluding tert-OH is 1. The maximum atomic E-state index is 12.1. The molecule has 0 bridgehead atoms. The van der Waals surface area contributed by atoms with Gasteiger partial charge < -0.3 is 9.84 Å². The predicted octanol–water partition coefficient (Wildman–Crippen LogP) is 3.05. The van der Waals surface area contributed by atoms with Gasteiger partial charge >= 0.3 is 6.09 Å². The maximum Gasteiger partial charge on any atom is 0.413 e. The van der Waals surface area contributed by atoms with Crippen LogP contribution in [0.1, 0.15) is 31.0 Å². The first-order valence-electron chi connectivity index (χ1n) is 5.73. The van der Waals surface area contributed by atoms with Gasteiger partial charge in [0.1, 0.15) is 17.2 Å². The standard InChI is InChI=1S/C12H17NO3S2/c1-12(2,3)16-11(15)13-9(14)7-18-10(13)8-5-4-6-17-8/h4-6,9-10,14H,7H2,1-3H3/t9-,10-/m1/s1. The fraction of sp³-hybridized carbons (Fsp3) is 0.583. The zero-order valence-electron chi connectivity index (χ0n) is 10.6. The first kappa shape index (κ1) is 13.7. The minimum absolute atomic E-state index is 0.144. The number of thiophene rings is 1. The third kappa shape index (κ3) is 2.99. The molecule has 2 atom stereocenters. The van der Waals surface area contributed by atoms with Gasteiger partial charge in [-0.1, -0.05) is 6.07 Å². The van der Waals surface area contributed by atoms with Crippen LogP contribution in [-0.4, -0.2) is 33.7 Å². The fourth-order valence-electron chi connectivity index (χ4n) is 1.68. The van der Waals surface area contributed by atoms with Crippen LogP contribution in [0.25, 0.3) is 0 Å². The van der Waals surface area contributed by atoms with Crippen molar-refractivity contribution in [2.24, 2.45) is 0 Å². The molecule has 1 aliphatic heterocycles. The average molecular weight is 287 g/mol. The third-order valence-corrected chi connectivity index (χ3v) is 4.73. The molecular weight excluding hydrogens is 270 g/mol. The molecule has 1 aromatic heterocycles. The Kier molecular flexibility index (Phi) is 3.89. The first-order valence-corrected chi connectivity index (χ1v) is 7.66. The summed E-state index contributed by atoms with van der Waals surface area (Å²) in [5.41, 5.74) is -0.552. The van der Waals surface area contributed by atoms with E-state index in [1.54, 1.807) is 23.1 Å². The molecule has 6 heteroatoms. The summed E-state index contributed by atoms with van der Waals surface area (Å²) in [5, 5.41) is 11.8. The van der Waals surface area contributed by atoms with Crippen molar-refractivity contribution in [3.05, 3.63) is 22.4 Å². The smallest absolute Gasteiger partial charge is 0.413 e. The number of carbonyl (C=O) groups is 1. The summed E-state index contributed by atoms with van der Waals surface area (Å²) in [7, 11) is 0. The van der Waals surface area contributed by atoms with E-state index >= 15 is 0 Å². The molecule has 0 aromatic carbocycles. The van der Waals surface area contributed by atoms with Crippen molar-refractivity contribution in [1.29, 1.82) is 0 Å². The van der Waals surface area contributed by atoms with Crippen LogP contribution in [0.4, 0.5) is 4.79 Å². The van der Waals surface area contributed by atoms with E-state index in [9.17, 15) is 9.90 Å². The van der Waals surface area contributed by atoms with Gasteiger partial charge in [0.15, 0.2) is 0 Å². The van der Waals surface area contributed by atoms with E-state index in [0.29, 0.717) is 5.75 Å². The summed E-state index contributed by atoms with van der Waals surface area (Å²) in [5.74, 6) is 0.516. The van der Waals surface area contributed by atoms with Crippen LogP contribution in [0, 0.1) is 0 Å². The van der Waals surface area contributed by atoms with Crippen molar-refractivity contribution in [2.75, 3.05) is 5.75 Å². The minimum Gasteiger partial charge on any atom is -0.444 e. The Bertz CT molecular complexity index is 413. The topological polar surface area (TPSA) is 49.8 Å². The number of thioether (sulfide) groups is 1. The highest BCUT2D eigenvalue weighted by atomic mass is 32.2. The van der Waals surface area contributed by atoms with Gasteiger partial charge in [0.25, 0.3) is 0 Å². The lowest BCUT2D eigenvalue weighted by Crippen LogP contribution is -2.41. The Labute approximate surface area is 115 Å². The second-order valence-corrected chi connectivity index (χ2v) is 7.16. The van der Waals surface area contributed by atoms with E-state index in [1.165, 1.54) is 4.90 Å². The van der Waals surface area contributed by atoms with Crippen molar-refractivity contribution in [3.8, 4) is 0 Å². The van der Waals surface area contributed by atoms with Crippen molar-refractivity contribution < 1.29 is 14.6 Å². The molecule has 2 rings (SSSR count). The summed E-state index contributed by atoms with van der Waals surface area (Å²) in [6.45, 7) is 5.46. The van der Waals surface area contributed by atoms with Crippen LogP contribution in [0.15, 0.2) is 17.5 Å². The summed E-state index contributed by atoms with van der Waals surface area (Å²) < 4.78 is 5.34. The zero-order valence-corrected chi connectivity index (χ0v) is 12.3. The second-order valence-electron chi connectivity index (χ2n) is 5.07. The average Bonchev–Trinajstić information content (AvgIpc) is 2.82. The van der Waals surface area contributed by atoms with Gasteiger partial charge in [0.05, 0.1) is 0 Å². The van der Waals surface area contributed by atoms with E-state index in [0.717, 1.165) is 4.88 Å². The van der Waals surface area contributed by atoms with Gasteiger partial charge in [-0.25, -0.2) is 4.79 Å². The molecule has 0 spiro atoms. The number of aliphatic hydroxyl groups is 1. The molecule has 1 aromatic rings. The molecule has 1 amide bonds. The highest BCUT2D eigenvalue weighted by molar-refractivity contribution is 7.99. The number of amides is 1. The quantitative estimate of drug-likeness (QED) is 0.862. The van der Waals surface area contributed by atoms with Crippen LogP contribution >= 0.6 is 23.1 Å². The van der Waals surface area contributed by atoms with Gasteiger partial charge in [0, 0.05) is 10.6 Å². The highest BCUT2D eigenvalue weighted by Gasteiger charge is 2.40. The number of rotatable bonds is 1. The van der Waals surface area contributed by atoms with Crippen molar-refractivity contribution in [2.45, 2.75) is 38.0 Å². The lowest BCUT2D eigenvalue weighted by Gasteiger charge is -2.29. The normalized spacial score (nSPS) is 24.3. The van der Waals surface area contributed by atoms with Gasteiger partial charge in [0.2, 0.25) is 0 Å². The lowest BCUT2D eigenvalue weighted by atomic mass is 10.2. The van der Waals surface area contributed by atoms with Crippen LogP contribution < -0.4 is 0 Å². The molecule has 100 valence electrons. The summed E-state index contributed by atoms with van der Waals surface area (Å²) in [6, 6.07) is 3.91. The van der Waals surface area contributed by atoms with E-state index in [2.05, 4.69) is 0 Å². The summed E-state index contributed by atoms with van der Waals surface area (Å²) >= 11 is 3.14. The van der Waals surface area contributed by atoms with Crippen LogP contribution in [-0.2, 0) is 4.74 Å². The van der Waals surface area contributed by atoms with E-state index in [1.807, 2.05) is 38.3 Å².